The maximum absolute atomic E-state index is 12.9. The zero-order valence-corrected chi connectivity index (χ0v) is 30.5. The number of hydrogen-bond donors (Lipinski definition) is 2. The Balaban J connectivity index is 1.81. The van der Waals surface area contributed by atoms with Crippen LogP contribution in [0.3, 0.4) is 0 Å². The van der Waals surface area contributed by atoms with Crippen molar-refractivity contribution in [3.63, 3.8) is 0 Å². The normalized spacial score (nSPS) is 13.8. The van der Waals surface area contributed by atoms with Crippen LogP contribution in [0, 0.1) is 0 Å². The zero-order valence-electron chi connectivity index (χ0n) is 30.5. The summed E-state index contributed by atoms with van der Waals surface area (Å²) in [5.74, 6) is -2.41. The molecule has 2 rings (SSSR count). The quantitative estimate of drug-likeness (QED) is 0.0785. The Bertz CT molecular complexity index is 1480. The van der Waals surface area contributed by atoms with E-state index in [2.05, 4.69) is 70.3 Å². The summed E-state index contributed by atoms with van der Waals surface area (Å²) in [6.45, 7) is 12.9. The fraction of sp³-hybridized carbons (Fsp3) is 0.419. The number of hydrogen-bond acceptors (Lipinski definition) is 4. The van der Waals surface area contributed by atoms with Gasteiger partial charge in [0.25, 0.3) is 5.91 Å². The minimum absolute atomic E-state index is 0.0476. The van der Waals surface area contributed by atoms with E-state index in [1.165, 1.54) is 22.3 Å². The summed E-state index contributed by atoms with van der Waals surface area (Å²) in [5, 5.41) is 12.8. The first kappa shape index (κ1) is 40.7. The van der Waals surface area contributed by atoms with E-state index < -0.39 is 30.0 Å². The molecule has 0 heterocycles. The Morgan fingerprint density at radius 1 is 0.612 bits per heavy atom. The Kier molecular flexibility index (Phi) is 19.1. The summed E-state index contributed by atoms with van der Waals surface area (Å²) in [6, 6.07) is 16.2. The van der Waals surface area contributed by atoms with E-state index in [4.69, 9.17) is 4.74 Å². The maximum atomic E-state index is 12.9. The van der Waals surface area contributed by atoms with Crippen LogP contribution in [-0.2, 0) is 14.3 Å². The molecule has 264 valence electrons. The third kappa shape index (κ3) is 17.5. The van der Waals surface area contributed by atoms with Crippen LogP contribution < -0.4 is 5.32 Å². The van der Waals surface area contributed by atoms with Crippen molar-refractivity contribution in [3.8, 4) is 0 Å². The van der Waals surface area contributed by atoms with Crippen molar-refractivity contribution in [1.82, 2.24) is 5.32 Å². The van der Waals surface area contributed by atoms with Crippen LogP contribution in [-0.4, -0.2) is 29.1 Å². The second-order valence-corrected chi connectivity index (χ2v) is 13.2. The average Bonchev–Trinajstić information content (AvgIpc) is 3.07. The number of benzene rings is 2. The van der Waals surface area contributed by atoms with E-state index in [0.29, 0.717) is 17.5 Å². The van der Waals surface area contributed by atoms with Crippen molar-refractivity contribution in [2.45, 2.75) is 118 Å². The van der Waals surface area contributed by atoms with Crippen molar-refractivity contribution >= 4 is 17.8 Å². The van der Waals surface area contributed by atoms with E-state index in [1.807, 2.05) is 6.92 Å². The molecule has 0 radical (unpaired) electrons. The van der Waals surface area contributed by atoms with Crippen LogP contribution in [0.5, 0.6) is 0 Å². The monoisotopic (exact) mass is 667 g/mol. The lowest BCUT2D eigenvalue weighted by Crippen LogP contribution is -2.43. The molecule has 6 nitrogen and oxygen atoms in total. The molecular formula is C43H57NO5. The fourth-order valence-corrected chi connectivity index (χ4v) is 5.32. The highest BCUT2D eigenvalue weighted by Gasteiger charge is 2.34. The number of carbonyl (C=O) groups excluding carboxylic acids is 2. The lowest BCUT2D eigenvalue weighted by molar-refractivity contribution is -0.166. The van der Waals surface area contributed by atoms with E-state index in [0.717, 1.165) is 56.9 Å². The molecule has 0 fully saturated rings. The largest absolute Gasteiger partial charge is 0.478 e. The number of unbranched alkanes of at least 4 members (excludes halogenated alkanes) is 1. The van der Waals surface area contributed by atoms with Crippen molar-refractivity contribution in [3.05, 3.63) is 130 Å². The smallest absolute Gasteiger partial charge is 0.347 e. The van der Waals surface area contributed by atoms with Crippen molar-refractivity contribution in [2.24, 2.45) is 0 Å². The minimum atomic E-state index is -1.58. The predicted octanol–water partition coefficient (Wildman–Crippen LogP) is 10.8. The first-order valence-electron chi connectivity index (χ1n) is 17.5. The number of carboxylic acid groups (broad SMARTS) is 1. The highest BCUT2D eigenvalue weighted by molar-refractivity contribution is 5.95. The molecule has 0 aliphatic carbocycles. The molecule has 0 bridgehead atoms. The van der Waals surface area contributed by atoms with Crippen LogP contribution in [0.4, 0.5) is 0 Å². The third-order valence-corrected chi connectivity index (χ3v) is 8.32. The number of allylic oxidation sites excluding steroid dienone is 10. The molecular weight excluding hydrogens is 610 g/mol. The molecule has 49 heavy (non-hydrogen) atoms. The second kappa shape index (κ2) is 23.0. The summed E-state index contributed by atoms with van der Waals surface area (Å²) in [4.78, 5) is 38.1. The number of carbonyl (C=O) groups is 3. The van der Waals surface area contributed by atoms with Crippen LogP contribution in [0.25, 0.3) is 0 Å². The Hall–Kier alpha value is -4.45. The molecule has 0 spiro atoms. The van der Waals surface area contributed by atoms with Gasteiger partial charge in [-0.3, -0.25) is 9.59 Å². The molecule has 2 atom stereocenters. The Labute approximate surface area is 294 Å². The molecule has 1 unspecified atom stereocenters. The molecule has 0 aliphatic rings. The SMILES string of the molecule is CC(C)=CCC/C(C)=C/CC/C(C)=C/CCC=C(C)CCC=C(C)CCC(=O)OC(C(=O)O)[C@@H](NC(=O)c1ccccc1)c1ccccc1. The Morgan fingerprint density at radius 2 is 1.06 bits per heavy atom. The molecule has 1 amide bonds. The standard InChI is InChI=1S/C43H57NO5/c1-32(2)18-15-21-35(5)24-16-22-33(3)19-13-14-20-34(4)23-17-25-36(6)30-31-39(45)49-41(43(47)48)40(37-26-9-7-10-27-37)44-42(46)38-28-11-8-12-29-38/h7-12,18-20,24-29,40-41H,13-17,21-23,30-31H2,1-6H3,(H,44,46)(H,47,48)/b33-19+,34-20?,35-24+,36-25?/t40-,41?/m0/s1. The average molecular weight is 668 g/mol. The molecule has 6 heteroatoms. The number of carboxylic acids is 1. The second-order valence-electron chi connectivity index (χ2n) is 13.2. The van der Waals surface area contributed by atoms with E-state index in [-0.39, 0.29) is 6.42 Å². The third-order valence-electron chi connectivity index (χ3n) is 8.32. The molecule has 0 aliphatic heterocycles. The highest BCUT2D eigenvalue weighted by atomic mass is 16.6. The van der Waals surface area contributed by atoms with Gasteiger partial charge in [0, 0.05) is 12.0 Å². The number of aliphatic carboxylic acids is 1. The fourth-order valence-electron chi connectivity index (χ4n) is 5.32. The van der Waals surface area contributed by atoms with E-state index in [9.17, 15) is 19.5 Å². The van der Waals surface area contributed by atoms with Gasteiger partial charge < -0.3 is 15.2 Å². The van der Waals surface area contributed by atoms with Gasteiger partial charge in [-0.05, 0) is 117 Å². The van der Waals surface area contributed by atoms with Gasteiger partial charge in [0.2, 0.25) is 6.10 Å². The number of esters is 1. The van der Waals surface area contributed by atoms with Crippen molar-refractivity contribution < 1.29 is 24.2 Å². The maximum Gasteiger partial charge on any atom is 0.347 e. The molecule has 0 aromatic heterocycles. The molecule has 0 saturated carbocycles. The lowest BCUT2D eigenvalue weighted by atomic mass is 10.00. The van der Waals surface area contributed by atoms with E-state index in [1.54, 1.807) is 60.7 Å². The van der Waals surface area contributed by atoms with Gasteiger partial charge in [-0.2, -0.15) is 0 Å². The molecule has 2 aromatic rings. The van der Waals surface area contributed by atoms with Gasteiger partial charge in [0.1, 0.15) is 6.04 Å². The first-order valence-corrected chi connectivity index (χ1v) is 17.5. The zero-order chi connectivity index (χ0) is 36.0. The summed E-state index contributed by atoms with van der Waals surface area (Å²) < 4.78 is 5.48. The number of ether oxygens (including phenoxy) is 1. The van der Waals surface area contributed by atoms with Gasteiger partial charge in [-0.1, -0.05) is 107 Å². The summed E-state index contributed by atoms with van der Waals surface area (Å²) >= 11 is 0. The van der Waals surface area contributed by atoms with Crippen molar-refractivity contribution in [2.75, 3.05) is 0 Å². The molecule has 2 aromatic carbocycles. The first-order chi connectivity index (χ1) is 23.5. The van der Waals surface area contributed by atoms with Crippen LogP contribution in [0.2, 0.25) is 0 Å². The molecule has 0 saturated heterocycles. The Morgan fingerprint density at radius 3 is 1.55 bits per heavy atom. The summed E-state index contributed by atoms with van der Waals surface area (Å²) in [7, 11) is 0. The number of rotatable bonds is 21. The topological polar surface area (TPSA) is 92.7 Å². The van der Waals surface area contributed by atoms with Crippen LogP contribution in [0.1, 0.15) is 128 Å². The molecule has 2 N–H and O–H groups in total. The van der Waals surface area contributed by atoms with Crippen LogP contribution >= 0.6 is 0 Å². The van der Waals surface area contributed by atoms with Gasteiger partial charge in [-0.15, -0.1) is 0 Å². The highest BCUT2D eigenvalue weighted by Crippen LogP contribution is 2.22. The van der Waals surface area contributed by atoms with E-state index >= 15 is 0 Å². The summed E-state index contributed by atoms with van der Waals surface area (Å²) in [5.41, 5.74) is 7.60. The van der Waals surface area contributed by atoms with Gasteiger partial charge in [0.05, 0.1) is 0 Å². The van der Waals surface area contributed by atoms with Crippen molar-refractivity contribution in [1.29, 1.82) is 0 Å². The minimum Gasteiger partial charge on any atom is -0.478 e. The summed E-state index contributed by atoms with van der Waals surface area (Å²) in [6.07, 6.45) is 18.8. The number of nitrogens with one attached hydrogen (secondary N) is 1. The lowest BCUT2D eigenvalue weighted by Gasteiger charge is -2.25. The van der Waals surface area contributed by atoms with Gasteiger partial charge in [-0.25, -0.2) is 4.79 Å². The van der Waals surface area contributed by atoms with Gasteiger partial charge in [0.15, 0.2) is 0 Å². The predicted molar refractivity (Wildman–Crippen MR) is 201 cm³/mol. The van der Waals surface area contributed by atoms with Gasteiger partial charge >= 0.3 is 11.9 Å². The van der Waals surface area contributed by atoms with Crippen LogP contribution in [0.15, 0.2) is 119 Å². The number of amides is 1.